The van der Waals surface area contributed by atoms with Gasteiger partial charge in [0.15, 0.2) is 5.96 Å². The highest BCUT2D eigenvalue weighted by atomic mass is 16.6. The van der Waals surface area contributed by atoms with Gasteiger partial charge >= 0.3 is 11.9 Å². The van der Waals surface area contributed by atoms with E-state index in [0.29, 0.717) is 19.4 Å². The van der Waals surface area contributed by atoms with Gasteiger partial charge in [0, 0.05) is 6.54 Å². The predicted molar refractivity (Wildman–Crippen MR) is 122 cm³/mol. The molecule has 9 N–H and O–H groups in total. The number of carbonyl (C=O) groups is 3. The highest BCUT2D eigenvalue weighted by Crippen LogP contribution is 2.05. The van der Waals surface area contributed by atoms with Crippen molar-refractivity contribution in [2.24, 2.45) is 22.2 Å². The number of carboxylic acid groups (broad SMARTS) is 2. The Hall–Kier alpha value is -2.48. The third kappa shape index (κ3) is 29.5. The molecule has 0 radical (unpaired) electrons. The predicted octanol–water partition coefficient (Wildman–Crippen LogP) is -2.64. The van der Waals surface area contributed by atoms with Crippen molar-refractivity contribution in [1.82, 2.24) is 0 Å². The summed E-state index contributed by atoms with van der Waals surface area (Å²) < 4.78 is 5.53. The van der Waals surface area contributed by atoms with Crippen LogP contribution in [-0.4, -0.2) is 102 Å². The summed E-state index contributed by atoms with van der Waals surface area (Å²) in [4.78, 5) is 35.5. The van der Waals surface area contributed by atoms with E-state index in [4.69, 9.17) is 32.5 Å². The van der Waals surface area contributed by atoms with Crippen LogP contribution in [0.15, 0.2) is 4.99 Å². The number of esters is 1. The summed E-state index contributed by atoms with van der Waals surface area (Å²) in [6.45, 7) is 5.95. The van der Waals surface area contributed by atoms with Gasteiger partial charge in [-0.2, -0.15) is 0 Å². The van der Waals surface area contributed by atoms with Crippen LogP contribution < -0.4 is 22.3 Å². The van der Waals surface area contributed by atoms with Gasteiger partial charge in [-0.25, -0.2) is 0 Å². The van der Waals surface area contributed by atoms with Crippen LogP contribution in [0.2, 0.25) is 0 Å². The van der Waals surface area contributed by atoms with Crippen LogP contribution in [0.1, 0.15) is 46.5 Å². The van der Waals surface area contributed by atoms with E-state index in [0.717, 1.165) is 11.0 Å². The first-order chi connectivity index (χ1) is 14.9. The maximum Gasteiger partial charge on any atom is 0.323 e. The van der Waals surface area contributed by atoms with Crippen molar-refractivity contribution in [3.05, 3.63) is 0 Å². The molecular formula is C20H43N5O8. The number of rotatable bonds is 12. The summed E-state index contributed by atoms with van der Waals surface area (Å²) in [6.07, 6.45) is -0.529. The quantitative estimate of drug-likeness (QED) is 0.0553. The number of hydrogen-bond acceptors (Lipinski definition) is 9. The second kappa shape index (κ2) is 18.0. The van der Waals surface area contributed by atoms with Crippen LogP contribution in [0, 0.1) is 0 Å². The molecule has 0 aliphatic rings. The average molecular weight is 482 g/mol. The zero-order valence-electron chi connectivity index (χ0n) is 20.6. The molecule has 2 atom stereocenters. The fourth-order valence-corrected chi connectivity index (χ4v) is 1.83. The van der Waals surface area contributed by atoms with Crippen molar-refractivity contribution < 1.29 is 44.0 Å². The highest BCUT2D eigenvalue weighted by Gasteiger charge is 2.19. The van der Waals surface area contributed by atoms with Crippen LogP contribution in [0.5, 0.6) is 0 Å². The Morgan fingerprint density at radius 3 is 1.94 bits per heavy atom. The highest BCUT2D eigenvalue weighted by molar-refractivity contribution is 5.80. The Balaban J connectivity index is -0.000000493. The van der Waals surface area contributed by atoms with Gasteiger partial charge < -0.3 is 51.6 Å². The number of carboxylic acids is 2. The number of aliphatic hydroxyl groups excluding tert-OH is 1. The molecule has 0 amide bonds. The summed E-state index contributed by atoms with van der Waals surface area (Å²) in [6, 6.07) is -0.896. The van der Waals surface area contributed by atoms with Crippen LogP contribution >= 0.6 is 0 Å². The number of quaternary nitrogens is 1. The van der Waals surface area contributed by atoms with Crippen molar-refractivity contribution in [1.29, 1.82) is 0 Å². The van der Waals surface area contributed by atoms with Crippen LogP contribution in [0.25, 0.3) is 0 Å². The lowest BCUT2D eigenvalue weighted by Crippen LogP contribution is -2.42. The Labute approximate surface area is 195 Å². The molecule has 13 heteroatoms. The van der Waals surface area contributed by atoms with E-state index in [-0.39, 0.29) is 25.4 Å². The fraction of sp³-hybridized carbons (Fsp3) is 0.800. The van der Waals surface area contributed by atoms with Crippen molar-refractivity contribution in [3.8, 4) is 0 Å². The van der Waals surface area contributed by atoms with Crippen molar-refractivity contribution in [3.63, 3.8) is 0 Å². The molecule has 0 saturated heterocycles. The largest absolute Gasteiger partial charge is 0.546 e. The number of hydrogen-bond donors (Lipinski definition) is 6. The first kappa shape index (κ1) is 35.1. The number of aliphatic imine (C=N–C) groups is 1. The van der Waals surface area contributed by atoms with E-state index in [1.54, 1.807) is 6.92 Å². The van der Waals surface area contributed by atoms with Crippen molar-refractivity contribution in [2.45, 2.75) is 64.2 Å². The molecule has 33 heavy (non-hydrogen) atoms. The molecule has 196 valence electrons. The maximum atomic E-state index is 11.4. The molecule has 0 rings (SSSR count). The minimum absolute atomic E-state index is 0.0332. The number of aliphatic hydroxyl groups is 2. The molecule has 0 saturated carbocycles. The van der Waals surface area contributed by atoms with E-state index in [1.807, 2.05) is 0 Å². The Morgan fingerprint density at radius 1 is 1.18 bits per heavy atom. The van der Waals surface area contributed by atoms with E-state index in [1.165, 1.54) is 13.8 Å². The van der Waals surface area contributed by atoms with E-state index in [9.17, 15) is 19.5 Å². The molecule has 0 aliphatic heterocycles. The summed E-state index contributed by atoms with van der Waals surface area (Å²) in [5.74, 6) is -3.21. The van der Waals surface area contributed by atoms with E-state index < -0.39 is 35.7 Å². The van der Waals surface area contributed by atoms with Crippen molar-refractivity contribution >= 4 is 23.9 Å². The van der Waals surface area contributed by atoms with Gasteiger partial charge in [-0.1, -0.05) is 6.92 Å². The number of guanidine groups is 1. The van der Waals surface area contributed by atoms with Gasteiger partial charge in [-0.15, -0.1) is 0 Å². The lowest BCUT2D eigenvalue weighted by atomic mass is 10.1. The normalized spacial score (nSPS) is 12.6. The summed E-state index contributed by atoms with van der Waals surface area (Å²) in [7, 11) is 6.16. The third-order valence-corrected chi connectivity index (χ3v) is 3.52. The summed E-state index contributed by atoms with van der Waals surface area (Å²) in [5.41, 5.74) is 14.7. The minimum atomic E-state index is -1.43. The van der Waals surface area contributed by atoms with Crippen molar-refractivity contribution in [2.75, 3.05) is 40.8 Å². The number of carbonyl (C=O) groups excluding carboxylic acids is 2. The minimum Gasteiger partial charge on any atom is -0.546 e. The second-order valence-corrected chi connectivity index (χ2v) is 8.83. The van der Waals surface area contributed by atoms with Crippen LogP contribution in [-0.2, 0) is 19.1 Å². The Morgan fingerprint density at radius 2 is 1.70 bits per heavy atom. The van der Waals surface area contributed by atoms with Crippen LogP contribution in [0.3, 0.4) is 0 Å². The average Bonchev–Trinajstić information content (AvgIpc) is 2.60. The Bertz CT molecular complexity index is 596. The van der Waals surface area contributed by atoms with Gasteiger partial charge in [0.1, 0.15) is 18.7 Å². The van der Waals surface area contributed by atoms with Gasteiger partial charge in [0.2, 0.25) is 0 Å². The fourth-order valence-electron chi connectivity index (χ4n) is 1.83. The molecule has 0 bridgehead atoms. The monoisotopic (exact) mass is 481 g/mol. The summed E-state index contributed by atoms with van der Waals surface area (Å²) in [5, 5.41) is 35.8. The molecule has 13 nitrogen and oxygen atoms in total. The maximum absolute atomic E-state index is 11.4. The number of aliphatic carboxylic acids is 2. The molecule has 0 aromatic rings. The second-order valence-electron chi connectivity index (χ2n) is 8.83. The first-order valence-electron chi connectivity index (χ1n) is 10.4. The molecule has 1 unspecified atom stereocenters. The lowest BCUT2D eigenvalue weighted by Gasteiger charge is -2.21. The van der Waals surface area contributed by atoms with Crippen LogP contribution in [0.4, 0.5) is 0 Å². The number of nitrogens with two attached hydrogens (primary N) is 3. The van der Waals surface area contributed by atoms with Gasteiger partial charge in [0.25, 0.3) is 0 Å². The lowest BCUT2D eigenvalue weighted by molar-refractivity contribution is -0.870. The van der Waals surface area contributed by atoms with Gasteiger partial charge in [-0.05, 0) is 33.1 Å². The summed E-state index contributed by atoms with van der Waals surface area (Å²) >= 11 is 0. The molecule has 0 aromatic heterocycles. The standard InChI is InChI=1S/C10H20N4O4.C5H14NO.C5H10O3/c1-2-7(8(15)16)18-9(17)6(11)4-3-5-14-10(12)13;1-6(2,3)4-5-7;1-5(2,8)3-4(6)7/h6-7H,2-5,11H2,1H3,(H,15,16)(H4,12,13,14);7H,4-5H2,1-3H3;8H,3H2,1-2H3,(H,6,7)/q;+1;/p-1/t6-,7?;;/m0../s1. The topological polar surface area (TPSA) is 235 Å². The number of nitrogens with zero attached hydrogens (tertiary/aromatic N) is 2. The molecular weight excluding hydrogens is 438 g/mol. The molecule has 0 spiro atoms. The number of ether oxygens (including phenoxy) is 1. The van der Waals surface area contributed by atoms with E-state index in [2.05, 4.69) is 30.9 Å². The Kier molecular flexibility index (Phi) is 19.2. The molecule has 0 heterocycles. The number of likely N-dealkylation sites (N-methyl/N-ethyl adjacent to an activating group) is 1. The third-order valence-electron chi connectivity index (χ3n) is 3.52. The van der Waals surface area contributed by atoms with E-state index >= 15 is 0 Å². The van der Waals surface area contributed by atoms with Gasteiger partial charge in [0.05, 0.1) is 45.7 Å². The molecule has 0 aliphatic carbocycles. The zero-order chi connectivity index (χ0) is 26.8. The zero-order valence-corrected chi connectivity index (χ0v) is 20.6. The SMILES string of the molecule is CC(C)(O)CC(=O)O.CCC(OC(=O)[C@@H](N)CCCN=C(N)N)C(=O)[O-].C[N+](C)(C)CCO. The smallest absolute Gasteiger partial charge is 0.323 e. The molecule has 0 fully saturated rings. The molecule has 0 aromatic carbocycles. The first-order valence-corrected chi connectivity index (χ1v) is 10.4. The van der Waals surface area contributed by atoms with Gasteiger partial charge in [-0.3, -0.25) is 14.6 Å².